The zero-order valence-corrected chi connectivity index (χ0v) is 10.7. The van der Waals surface area contributed by atoms with Crippen molar-refractivity contribution in [2.45, 2.75) is 32.4 Å². The van der Waals surface area contributed by atoms with E-state index in [1.807, 2.05) is 6.92 Å². The zero-order valence-electron chi connectivity index (χ0n) is 10.7. The molecular weight excluding hydrogens is 250 g/mol. The molecule has 0 bridgehead atoms. The van der Waals surface area contributed by atoms with Crippen LogP contribution in [0.15, 0.2) is 24.4 Å². The third kappa shape index (κ3) is 3.57. The highest BCUT2D eigenvalue weighted by Crippen LogP contribution is 2.13. The smallest absolute Gasteiger partial charge is 0.126 e. The van der Waals surface area contributed by atoms with E-state index in [1.54, 1.807) is 6.20 Å². The van der Waals surface area contributed by atoms with Gasteiger partial charge in [-0.1, -0.05) is 18.6 Å². The fraction of sp³-hybridized carbons (Fsp3) is 0.385. The van der Waals surface area contributed by atoms with Crippen LogP contribution in [-0.4, -0.2) is 15.0 Å². The highest BCUT2D eigenvalue weighted by atomic mass is 19.1. The lowest BCUT2D eigenvalue weighted by atomic mass is 10.1. The summed E-state index contributed by atoms with van der Waals surface area (Å²) in [5, 5.41) is 7.89. The Morgan fingerprint density at radius 1 is 1.26 bits per heavy atom. The first-order valence-corrected chi connectivity index (χ1v) is 6.19. The van der Waals surface area contributed by atoms with Gasteiger partial charge in [-0.05, 0) is 24.1 Å². The lowest BCUT2D eigenvalue weighted by Gasteiger charge is -2.04. The van der Waals surface area contributed by atoms with Gasteiger partial charge < -0.3 is 5.73 Å². The van der Waals surface area contributed by atoms with E-state index >= 15 is 0 Å². The highest BCUT2D eigenvalue weighted by molar-refractivity contribution is 5.18. The maximum absolute atomic E-state index is 13.1. The number of nitrogens with two attached hydrogens (primary N) is 1. The predicted octanol–water partition coefficient (Wildman–Crippen LogP) is 2.40. The Bertz CT molecular complexity index is 533. The number of hydrogen-bond acceptors (Lipinski definition) is 3. The molecule has 0 saturated heterocycles. The SMILES string of the molecule is CCCC(N)c1cn(Cc2cc(F)cc(F)c2)nn1. The normalized spacial score (nSPS) is 12.6. The maximum Gasteiger partial charge on any atom is 0.126 e. The average Bonchev–Trinajstić information content (AvgIpc) is 2.76. The van der Waals surface area contributed by atoms with Crippen LogP contribution in [0.3, 0.4) is 0 Å². The summed E-state index contributed by atoms with van der Waals surface area (Å²) in [5.74, 6) is -1.20. The molecule has 4 nitrogen and oxygen atoms in total. The highest BCUT2D eigenvalue weighted by Gasteiger charge is 2.10. The van der Waals surface area contributed by atoms with E-state index in [1.165, 1.54) is 16.8 Å². The van der Waals surface area contributed by atoms with E-state index in [9.17, 15) is 8.78 Å². The van der Waals surface area contributed by atoms with Gasteiger partial charge in [-0.15, -0.1) is 5.10 Å². The van der Waals surface area contributed by atoms with Crippen LogP contribution in [0, 0.1) is 11.6 Å². The second kappa shape index (κ2) is 5.88. The molecule has 6 heteroatoms. The minimum Gasteiger partial charge on any atom is -0.323 e. The van der Waals surface area contributed by atoms with Crippen molar-refractivity contribution in [1.29, 1.82) is 0 Å². The van der Waals surface area contributed by atoms with Crippen molar-refractivity contribution in [3.8, 4) is 0 Å². The molecule has 1 aromatic carbocycles. The van der Waals surface area contributed by atoms with E-state index in [0.717, 1.165) is 18.9 Å². The van der Waals surface area contributed by atoms with Gasteiger partial charge in [-0.25, -0.2) is 13.5 Å². The van der Waals surface area contributed by atoms with Crippen molar-refractivity contribution < 1.29 is 8.78 Å². The lowest BCUT2D eigenvalue weighted by molar-refractivity contribution is 0.572. The number of hydrogen-bond donors (Lipinski definition) is 1. The van der Waals surface area contributed by atoms with Crippen LogP contribution in [0.4, 0.5) is 8.78 Å². The van der Waals surface area contributed by atoms with E-state index in [-0.39, 0.29) is 12.6 Å². The first-order valence-electron chi connectivity index (χ1n) is 6.19. The van der Waals surface area contributed by atoms with E-state index < -0.39 is 11.6 Å². The van der Waals surface area contributed by atoms with Crippen LogP contribution in [-0.2, 0) is 6.54 Å². The van der Waals surface area contributed by atoms with Gasteiger partial charge in [0.05, 0.1) is 24.5 Å². The molecule has 2 rings (SSSR count). The topological polar surface area (TPSA) is 56.7 Å². The van der Waals surface area contributed by atoms with Crippen LogP contribution in [0.2, 0.25) is 0 Å². The number of benzene rings is 1. The molecule has 19 heavy (non-hydrogen) atoms. The van der Waals surface area contributed by atoms with Crippen molar-refractivity contribution in [3.05, 3.63) is 47.3 Å². The van der Waals surface area contributed by atoms with E-state index in [0.29, 0.717) is 11.3 Å². The standard InChI is InChI=1S/C13H16F2N4/c1-2-3-12(16)13-8-19(18-17-13)7-9-4-10(14)6-11(15)5-9/h4-6,8,12H,2-3,7,16H2,1H3. The number of aromatic nitrogens is 3. The lowest BCUT2D eigenvalue weighted by Crippen LogP contribution is -2.10. The molecule has 1 unspecified atom stereocenters. The van der Waals surface area contributed by atoms with Gasteiger partial charge in [0.1, 0.15) is 11.6 Å². The van der Waals surface area contributed by atoms with E-state index in [2.05, 4.69) is 10.3 Å². The van der Waals surface area contributed by atoms with E-state index in [4.69, 9.17) is 5.73 Å². The van der Waals surface area contributed by atoms with Crippen molar-refractivity contribution in [3.63, 3.8) is 0 Å². The van der Waals surface area contributed by atoms with Gasteiger partial charge in [0, 0.05) is 6.07 Å². The molecule has 2 aromatic rings. The molecule has 102 valence electrons. The van der Waals surface area contributed by atoms with Gasteiger partial charge in [-0.2, -0.15) is 0 Å². The largest absolute Gasteiger partial charge is 0.323 e. The van der Waals surface area contributed by atoms with Gasteiger partial charge >= 0.3 is 0 Å². The summed E-state index contributed by atoms with van der Waals surface area (Å²) < 4.78 is 27.6. The third-order valence-corrected chi connectivity index (χ3v) is 2.80. The second-order valence-electron chi connectivity index (χ2n) is 4.51. The maximum atomic E-state index is 13.1. The van der Waals surface area contributed by atoms with Crippen LogP contribution < -0.4 is 5.73 Å². The van der Waals surface area contributed by atoms with Crippen molar-refractivity contribution >= 4 is 0 Å². The number of halogens is 2. The van der Waals surface area contributed by atoms with Crippen LogP contribution in [0.1, 0.15) is 37.1 Å². The first kappa shape index (κ1) is 13.6. The number of nitrogens with zero attached hydrogens (tertiary/aromatic N) is 3. The fourth-order valence-corrected chi connectivity index (χ4v) is 1.91. The second-order valence-corrected chi connectivity index (χ2v) is 4.51. The zero-order chi connectivity index (χ0) is 13.8. The Balaban J connectivity index is 2.11. The molecule has 2 N–H and O–H groups in total. The van der Waals surface area contributed by atoms with Crippen LogP contribution >= 0.6 is 0 Å². The Hall–Kier alpha value is -1.82. The third-order valence-electron chi connectivity index (χ3n) is 2.80. The molecule has 0 spiro atoms. The molecule has 1 heterocycles. The van der Waals surface area contributed by atoms with Gasteiger partial charge in [0.2, 0.25) is 0 Å². The molecule has 1 atom stereocenters. The summed E-state index contributed by atoms with van der Waals surface area (Å²) in [5.41, 5.74) is 7.12. The first-order chi connectivity index (χ1) is 9.08. The predicted molar refractivity (Wildman–Crippen MR) is 67.3 cm³/mol. The Morgan fingerprint density at radius 2 is 1.95 bits per heavy atom. The fourth-order valence-electron chi connectivity index (χ4n) is 1.91. The van der Waals surface area contributed by atoms with Crippen molar-refractivity contribution in [2.24, 2.45) is 5.73 Å². The molecule has 0 amide bonds. The Kier molecular flexibility index (Phi) is 4.21. The monoisotopic (exact) mass is 266 g/mol. The molecular formula is C13H16F2N4. The van der Waals surface area contributed by atoms with Crippen molar-refractivity contribution in [1.82, 2.24) is 15.0 Å². The minimum absolute atomic E-state index is 0.150. The minimum atomic E-state index is -0.599. The van der Waals surface area contributed by atoms with Crippen LogP contribution in [0.25, 0.3) is 0 Å². The molecule has 0 aliphatic heterocycles. The van der Waals surface area contributed by atoms with Gasteiger partial charge in [0.25, 0.3) is 0 Å². The Labute approximate surface area is 110 Å². The quantitative estimate of drug-likeness (QED) is 0.904. The molecule has 0 aliphatic rings. The van der Waals surface area contributed by atoms with Gasteiger partial charge in [0.15, 0.2) is 0 Å². The summed E-state index contributed by atoms with van der Waals surface area (Å²) in [6, 6.07) is 3.24. The summed E-state index contributed by atoms with van der Waals surface area (Å²) >= 11 is 0. The van der Waals surface area contributed by atoms with Gasteiger partial charge in [-0.3, -0.25) is 0 Å². The van der Waals surface area contributed by atoms with Crippen molar-refractivity contribution in [2.75, 3.05) is 0 Å². The van der Waals surface area contributed by atoms with Crippen LogP contribution in [0.5, 0.6) is 0 Å². The summed E-state index contributed by atoms with van der Waals surface area (Å²) in [6.45, 7) is 2.31. The average molecular weight is 266 g/mol. The Morgan fingerprint density at radius 3 is 2.58 bits per heavy atom. The summed E-state index contributed by atoms with van der Waals surface area (Å²) in [6.07, 6.45) is 3.50. The molecule has 0 radical (unpaired) electrons. The molecule has 0 fully saturated rings. The summed E-state index contributed by atoms with van der Waals surface area (Å²) in [4.78, 5) is 0. The number of rotatable bonds is 5. The molecule has 0 aliphatic carbocycles. The summed E-state index contributed by atoms with van der Waals surface area (Å²) in [7, 11) is 0. The molecule has 1 aromatic heterocycles. The molecule has 0 saturated carbocycles.